The lowest BCUT2D eigenvalue weighted by Crippen LogP contribution is -2.53. The Bertz CT molecular complexity index is 1250. The van der Waals surface area contributed by atoms with Crippen molar-refractivity contribution in [3.8, 4) is 11.5 Å². The van der Waals surface area contributed by atoms with E-state index in [2.05, 4.69) is 5.32 Å². The standard InChI is InChI=1S/C27H34FN3O6S/c1-19(27(33)29-22-6-4-3-5-7-22)30(17-20-8-10-21(28)11-9-20)26(32)18-31(38(2,34)35)23-12-13-24-25(16-23)37-15-14-36-24/h8-13,16,19,22H,3-7,14-15,17-18H2,1-2H3,(H,29,33)/t19-/m1/s1. The SMILES string of the molecule is C[C@H](C(=O)NC1CCCCC1)N(Cc1ccc(F)cc1)C(=O)CN(c1ccc2c(c1)OCCO2)S(C)(=O)=O. The first kappa shape index (κ1) is 27.7. The number of nitrogens with zero attached hydrogens (tertiary/aromatic N) is 2. The number of amides is 2. The quantitative estimate of drug-likeness (QED) is 0.517. The lowest BCUT2D eigenvalue weighted by atomic mass is 9.95. The molecule has 1 aliphatic heterocycles. The van der Waals surface area contributed by atoms with Gasteiger partial charge in [0.05, 0.1) is 11.9 Å². The molecule has 0 bridgehead atoms. The third kappa shape index (κ3) is 6.94. The molecule has 2 amide bonds. The van der Waals surface area contributed by atoms with E-state index < -0.39 is 34.3 Å². The third-order valence-electron chi connectivity index (χ3n) is 6.88. The molecule has 1 fully saturated rings. The molecular formula is C27H34FN3O6S. The van der Waals surface area contributed by atoms with Crippen LogP contribution >= 0.6 is 0 Å². The van der Waals surface area contributed by atoms with Gasteiger partial charge in [0.25, 0.3) is 0 Å². The first-order valence-electron chi connectivity index (χ1n) is 12.8. The van der Waals surface area contributed by atoms with Crippen LogP contribution in [0.25, 0.3) is 0 Å². The summed E-state index contributed by atoms with van der Waals surface area (Å²) in [4.78, 5) is 28.2. The number of carbonyl (C=O) groups excluding carboxylic acids is 2. The fourth-order valence-electron chi connectivity index (χ4n) is 4.74. The number of halogens is 1. The van der Waals surface area contributed by atoms with E-state index >= 15 is 0 Å². The number of carbonyl (C=O) groups is 2. The summed E-state index contributed by atoms with van der Waals surface area (Å²) in [6.07, 6.45) is 6.00. The van der Waals surface area contributed by atoms with Crippen molar-refractivity contribution >= 4 is 27.5 Å². The molecule has 9 nitrogen and oxygen atoms in total. The van der Waals surface area contributed by atoms with Crippen molar-refractivity contribution in [3.63, 3.8) is 0 Å². The summed E-state index contributed by atoms with van der Waals surface area (Å²) in [5.41, 5.74) is 0.855. The van der Waals surface area contributed by atoms with Crippen LogP contribution in [-0.4, -0.2) is 63.2 Å². The normalized spacial score (nSPS) is 16.4. The summed E-state index contributed by atoms with van der Waals surface area (Å²) in [6, 6.07) is 9.47. The first-order valence-corrected chi connectivity index (χ1v) is 14.7. The van der Waals surface area contributed by atoms with Crippen molar-refractivity contribution < 1.29 is 31.9 Å². The second kappa shape index (κ2) is 12.0. The van der Waals surface area contributed by atoms with Gasteiger partial charge in [-0.2, -0.15) is 0 Å². The van der Waals surface area contributed by atoms with Crippen molar-refractivity contribution in [1.82, 2.24) is 10.2 Å². The van der Waals surface area contributed by atoms with E-state index in [0.717, 1.165) is 42.7 Å². The zero-order valence-corrected chi connectivity index (χ0v) is 22.5. The fourth-order valence-corrected chi connectivity index (χ4v) is 5.58. The number of ether oxygens (including phenoxy) is 2. The highest BCUT2D eigenvalue weighted by Crippen LogP contribution is 2.34. The van der Waals surface area contributed by atoms with Crippen molar-refractivity contribution in [2.75, 3.05) is 30.3 Å². The second-order valence-electron chi connectivity index (χ2n) is 9.77. The van der Waals surface area contributed by atoms with Crippen LogP contribution in [0.2, 0.25) is 0 Å². The van der Waals surface area contributed by atoms with Crippen LogP contribution in [0.3, 0.4) is 0 Å². The lowest BCUT2D eigenvalue weighted by molar-refractivity contribution is -0.139. The Morgan fingerprint density at radius 2 is 1.68 bits per heavy atom. The van der Waals surface area contributed by atoms with Crippen LogP contribution in [0.5, 0.6) is 11.5 Å². The van der Waals surface area contributed by atoms with E-state index in [-0.39, 0.29) is 24.2 Å². The second-order valence-corrected chi connectivity index (χ2v) is 11.7. The Kier molecular flexibility index (Phi) is 8.76. The van der Waals surface area contributed by atoms with Gasteiger partial charge < -0.3 is 19.7 Å². The molecule has 1 aliphatic carbocycles. The summed E-state index contributed by atoms with van der Waals surface area (Å²) < 4.78 is 51.2. The molecule has 4 rings (SSSR count). The highest BCUT2D eigenvalue weighted by Gasteiger charge is 2.31. The number of sulfonamides is 1. The molecule has 2 aliphatic rings. The summed E-state index contributed by atoms with van der Waals surface area (Å²) >= 11 is 0. The van der Waals surface area contributed by atoms with Crippen LogP contribution in [0.15, 0.2) is 42.5 Å². The highest BCUT2D eigenvalue weighted by molar-refractivity contribution is 7.92. The zero-order valence-electron chi connectivity index (χ0n) is 21.7. The van der Waals surface area contributed by atoms with Crippen molar-refractivity contribution in [2.24, 2.45) is 0 Å². The fraction of sp³-hybridized carbons (Fsp3) is 0.481. The Hall–Kier alpha value is -3.34. The van der Waals surface area contributed by atoms with E-state index in [1.807, 2.05) is 0 Å². The van der Waals surface area contributed by atoms with Gasteiger partial charge in [-0.15, -0.1) is 0 Å². The van der Waals surface area contributed by atoms with Crippen LogP contribution in [0.1, 0.15) is 44.6 Å². The monoisotopic (exact) mass is 547 g/mol. The average molecular weight is 548 g/mol. The highest BCUT2D eigenvalue weighted by atomic mass is 32.2. The molecule has 0 spiro atoms. The first-order chi connectivity index (χ1) is 18.1. The molecule has 206 valence electrons. The van der Waals surface area contributed by atoms with Gasteiger partial charge in [-0.25, -0.2) is 12.8 Å². The number of anilines is 1. The van der Waals surface area contributed by atoms with E-state index in [9.17, 15) is 22.4 Å². The molecule has 2 aromatic carbocycles. The van der Waals surface area contributed by atoms with Gasteiger partial charge in [0.1, 0.15) is 31.6 Å². The van der Waals surface area contributed by atoms with E-state index in [0.29, 0.717) is 30.3 Å². The molecule has 1 heterocycles. The smallest absolute Gasteiger partial charge is 0.244 e. The van der Waals surface area contributed by atoms with Crippen molar-refractivity contribution in [3.05, 3.63) is 53.8 Å². The van der Waals surface area contributed by atoms with Gasteiger partial charge in [-0.05, 0) is 49.6 Å². The van der Waals surface area contributed by atoms with E-state index in [1.165, 1.54) is 35.2 Å². The van der Waals surface area contributed by atoms with Gasteiger partial charge >= 0.3 is 0 Å². The minimum Gasteiger partial charge on any atom is -0.486 e. The zero-order chi connectivity index (χ0) is 27.3. The summed E-state index contributed by atoms with van der Waals surface area (Å²) in [7, 11) is -3.88. The Balaban J connectivity index is 1.58. The Morgan fingerprint density at radius 1 is 1.03 bits per heavy atom. The number of rotatable bonds is 9. The predicted molar refractivity (Wildman–Crippen MR) is 141 cm³/mol. The van der Waals surface area contributed by atoms with Crippen LogP contribution in [0, 0.1) is 5.82 Å². The number of nitrogens with one attached hydrogen (secondary N) is 1. The molecule has 1 N–H and O–H groups in total. The summed E-state index contributed by atoms with van der Waals surface area (Å²) in [5.74, 6) is -0.418. The summed E-state index contributed by atoms with van der Waals surface area (Å²) in [5, 5.41) is 3.04. The Morgan fingerprint density at radius 3 is 2.34 bits per heavy atom. The number of fused-ring (bicyclic) bond motifs is 1. The minimum atomic E-state index is -3.88. The van der Waals surface area contributed by atoms with Crippen LogP contribution < -0.4 is 19.1 Å². The minimum absolute atomic E-state index is 0.0110. The van der Waals surface area contributed by atoms with Crippen LogP contribution in [-0.2, 0) is 26.2 Å². The molecule has 2 aromatic rings. The molecule has 0 aromatic heterocycles. The molecule has 38 heavy (non-hydrogen) atoms. The molecule has 1 atom stereocenters. The molecule has 1 saturated carbocycles. The molecular weight excluding hydrogens is 513 g/mol. The van der Waals surface area contributed by atoms with Gasteiger partial charge in [0, 0.05) is 18.7 Å². The van der Waals surface area contributed by atoms with Gasteiger partial charge in [-0.1, -0.05) is 31.4 Å². The number of hydrogen-bond acceptors (Lipinski definition) is 6. The van der Waals surface area contributed by atoms with Gasteiger partial charge in [-0.3, -0.25) is 13.9 Å². The molecule has 11 heteroatoms. The van der Waals surface area contributed by atoms with Gasteiger partial charge in [0.15, 0.2) is 11.5 Å². The lowest BCUT2D eigenvalue weighted by Gasteiger charge is -2.33. The largest absolute Gasteiger partial charge is 0.486 e. The Labute approximate surface area is 222 Å². The molecule has 0 unspecified atom stereocenters. The number of hydrogen-bond donors (Lipinski definition) is 1. The van der Waals surface area contributed by atoms with Crippen LogP contribution in [0.4, 0.5) is 10.1 Å². The topological polar surface area (TPSA) is 105 Å². The van der Waals surface area contributed by atoms with Crippen molar-refractivity contribution in [2.45, 2.75) is 57.7 Å². The molecule has 0 saturated heterocycles. The van der Waals surface area contributed by atoms with Crippen molar-refractivity contribution in [1.29, 1.82) is 0 Å². The summed E-state index contributed by atoms with van der Waals surface area (Å²) in [6.45, 7) is 1.82. The molecule has 0 radical (unpaired) electrons. The maximum atomic E-state index is 13.7. The number of benzene rings is 2. The maximum absolute atomic E-state index is 13.7. The average Bonchev–Trinajstić information content (AvgIpc) is 2.90. The third-order valence-corrected chi connectivity index (χ3v) is 8.02. The predicted octanol–water partition coefficient (Wildman–Crippen LogP) is 3.23. The van der Waals surface area contributed by atoms with Gasteiger partial charge in [0.2, 0.25) is 21.8 Å². The van der Waals surface area contributed by atoms with E-state index in [1.54, 1.807) is 19.1 Å². The van der Waals surface area contributed by atoms with E-state index in [4.69, 9.17) is 9.47 Å². The maximum Gasteiger partial charge on any atom is 0.244 e.